The number of rotatable bonds is 1. The molecular formula is C9H8N2O4. The number of H-pyrrole nitrogens is 1. The first-order chi connectivity index (χ1) is 7.09. The molecule has 0 spiro atoms. The fraction of sp³-hybridized carbons (Fsp3) is 0.222. The van der Waals surface area contributed by atoms with E-state index in [2.05, 4.69) is 19.7 Å². The zero-order valence-corrected chi connectivity index (χ0v) is 8.16. The van der Waals surface area contributed by atoms with E-state index in [9.17, 15) is 9.59 Å². The molecule has 0 amide bonds. The van der Waals surface area contributed by atoms with Gasteiger partial charge < -0.3 is 9.36 Å². The molecule has 0 atom stereocenters. The third kappa shape index (κ3) is 1.50. The Kier molecular flexibility index (Phi) is 2.03. The van der Waals surface area contributed by atoms with Gasteiger partial charge in [0, 0.05) is 0 Å². The van der Waals surface area contributed by atoms with Crippen LogP contribution in [0.15, 0.2) is 20.0 Å². The molecule has 2 rings (SSSR count). The summed E-state index contributed by atoms with van der Waals surface area (Å²) < 4.78 is 4.56. The van der Waals surface area contributed by atoms with Crippen LogP contribution >= 0.6 is 0 Å². The smallest absolute Gasteiger partial charge is 0.338 e. The minimum atomic E-state index is -0.563. The van der Waals surface area contributed by atoms with Crippen molar-refractivity contribution in [3.8, 4) is 0 Å². The molecular weight excluding hydrogens is 200 g/mol. The fourth-order valence-corrected chi connectivity index (χ4v) is 1.22. The summed E-state index contributed by atoms with van der Waals surface area (Å²) in [7, 11) is 0. The number of hydrogen-bond donors (Lipinski definition) is 1. The summed E-state index contributed by atoms with van der Waals surface area (Å²) in [5, 5.41) is 5.91. The van der Waals surface area contributed by atoms with E-state index in [1.54, 1.807) is 13.8 Å². The van der Waals surface area contributed by atoms with Crippen LogP contribution in [0.2, 0.25) is 0 Å². The topological polar surface area (TPSA) is 84.7 Å². The molecule has 0 saturated heterocycles. The number of nitrogens with zero attached hydrogens (tertiary/aromatic N) is 1. The van der Waals surface area contributed by atoms with Gasteiger partial charge in [-0.25, -0.2) is 14.7 Å². The lowest BCUT2D eigenvalue weighted by Crippen LogP contribution is -2.05. The normalized spacial score (nSPS) is 18.1. The van der Waals surface area contributed by atoms with E-state index >= 15 is 0 Å². The molecule has 6 nitrogen and oxygen atoms in total. The Hall–Kier alpha value is -2.11. The largest absolute Gasteiger partial charge is 0.367 e. The minimum Gasteiger partial charge on any atom is -0.338 e. The summed E-state index contributed by atoms with van der Waals surface area (Å²) in [6.45, 7) is 3.30. The van der Waals surface area contributed by atoms with E-state index in [-0.39, 0.29) is 5.57 Å². The summed E-state index contributed by atoms with van der Waals surface area (Å²) in [5.41, 5.74) is 1.05. The summed E-state index contributed by atoms with van der Waals surface area (Å²) >= 11 is 0. The van der Waals surface area contributed by atoms with Gasteiger partial charge in [0.05, 0.1) is 22.5 Å². The van der Waals surface area contributed by atoms with Crippen molar-refractivity contribution >= 4 is 17.8 Å². The van der Waals surface area contributed by atoms with Crippen LogP contribution < -0.4 is 5.63 Å². The maximum Gasteiger partial charge on any atom is 0.367 e. The summed E-state index contributed by atoms with van der Waals surface area (Å²) in [4.78, 5) is 26.8. The Bertz CT molecular complexity index is 533. The summed E-state index contributed by atoms with van der Waals surface area (Å²) in [6, 6.07) is 0. The number of aryl methyl sites for hydroxylation is 1. The minimum absolute atomic E-state index is 0.269. The van der Waals surface area contributed by atoms with Crippen LogP contribution in [0, 0.1) is 6.92 Å². The van der Waals surface area contributed by atoms with Gasteiger partial charge in [-0.05, 0) is 19.9 Å². The first-order valence-electron chi connectivity index (χ1n) is 4.25. The summed E-state index contributed by atoms with van der Waals surface area (Å²) in [6.07, 6.45) is 1.41. The van der Waals surface area contributed by atoms with Crippen LogP contribution in [-0.2, 0) is 9.63 Å². The molecule has 1 aliphatic rings. The van der Waals surface area contributed by atoms with Crippen molar-refractivity contribution in [2.75, 3.05) is 0 Å². The molecule has 0 radical (unpaired) electrons. The van der Waals surface area contributed by atoms with Crippen LogP contribution in [0.3, 0.4) is 0 Å². The third-order valence-corrected chi connectivity index (χ3v) is 2.08. The highest BCUT2D eigenvalue weighted by Gasteiger charge is 2.23. The van der Waals surface area contributed by atoms with Gasteiger partial charge in [0.15, 0.2) is 0 Å². The molecule has 1 N–H and O–H groups in total. The number of nitrogens with one attached hydrogen (secondary N) is 1. The van der Waals surface area contributed by atoms with Crippen LogP contribution in [0.4, 0.5) is 0 Å². The molecule has 6 heteroatoms. The average molecular weight is 208 g/mol. The molecule has 0 bridgehead atoms. The Morgan fingerprint density at radius 3 is 2.53 bits per heavy atom. The molecule has 0 saturated carbocycles. The third-order valence-electron chi connectivity index (χ3n) is 2.08. The van der Waals surface area contributed by atoms with Gasteiger partial charge in [-0.3, -0.25) is 0 Å². The Morgan fingerprint density at radius 2 is 2.07 bits per heavy atom. The van der Waals surface area contributed by atoms with Gasteiger partial charge in [0.1, 0.15) is 0 Å². The van der Waals surface area contributed by atoms with Crippen molar-refractivity contribution in [2.45, 2.75) is 13.8 Å². The van der Waals surface area contributed by atoms with E-state index in [0.717, 1.165) is 0 Å². The second kappa shape index (κ2) is 3.23. The van der Waals surface area contributed by atoms with Crippen molar-refractivity contribution in [2.24, 2.45) is 5.16 Å². The molecule has 1 aromatic heterocycles. The van der Waals surface area contributed by atoms with Gasteiger partial charge in [0.25, 0.3) is 0 Å². The van der Waals surface area contributed by atoms with Gasteiger partial charge in [0.2, 0.25) is 0 Å². The fourth-order valence-electron chi connectivity index (χ4n) is 1.22. The predicted molar refractivity (Wildman–Crippen MR) is 51.2 cm³/mol. The maximum atomic E-state index is 11.2. The zero-order valence-electron chi connectivity index (χ0n) is 8.16. The molecule has 0 fully saturated rings. The van der Waals surface area contributed by atoms with Crippen molar-refractivity contribution in [3.63, 3.8) is 0 Å². The second-order valence-electron chi connectivity index (χ2n) is 3.14. The highest BCUT2D eigenvalue weighted by molar-refractivity contribution is 6.24. The Balaban J connectivity index is 2.51. The molecule has 2 heterocycles. The van der Waals surface area contributed by atoms with Crippen LogP contribution in [-0.4, -0.2) is 16.8 Å². The van der Waals surface area contributed by atoms with E-state index < -0.39 is 11.6 Å². The monoisotopic (exact) mass is 208 g/mol. The lowest BCUT2D eigenvalue weighted by Gasteiger charge is -1.90. The molecule has 1 aliphatic heterocycles. The van der Waals surface area contributed by atoms with Crippen molar-refractivity contribution < 1.29 is 14.2 Å². The first kappa shape index (κ1) is 9.45. The molecule has 15 heavy (non-hydrogen) atoms. The molecule has 1 aromatic rings. The van der Waals surface area contributed by atoms with E-state index in [0.29, 0.717) is 17.0 Å². The average Bonchev–Trinajstić information content (AvgIpc) is 2.67. The van der Waals surface area contributed by atoms with Gasteiger partial charge in [-0.1, -0.05) is 5.16 Å². The molecule has 0 aromatic carbocycles. The number of carbonyl (C=O) groups is 1. The van der Waals surface area contributed by atoms with Gasteiger partial charge >= 0.3 is 11.6 Å². The number of hydrogen-bond acceptors (Lipinski definition) is 5. The van der Waals surface area contributed by atoms with Crippen LogP contribution in [0.1, 0.15) is 18.2 Å². The Labute approximate surface area is 84.2 Å². The second-order valence-corrected chi connectivity index (χ2v) is 3.14. The standard InChI is InChI=1S/C9H8N2O4/c1-4-6(8(12)14-10-4)3-7-5(2)11-15-9(7)13/h3,10H,1-2H3/b7-3+. The van der Waals surface area contributed by atoms with E-state index in [1.165, 1.54) is 6.08 Å². The quantitative estimate of drug-likeness (QED) is 0.540. The molecule has 0 aliphatic carbocycles. The molecule has 78 valence electrons. The highest BCUT2D eigenvalue weighted by atomic mass is 16.7. The number of aromatic nitrogens is 1. The van der Waals surface area contributed by atoms with E-state index in [4.69, 9.17) is 0 Å². The highest BCUT2D eigenvalue weighted by Crippen LogP contribution is 2.14. The lowest BCUT2D eigenvalue weighted by atomic mass is 10.1. The zero-order chi connectivity index (χ0) is 11.0. The number of oxime groups is 1. The summed E-state index contributed by atoms with van der Waals surface area (Å²) in [5.74, 6) is -0.563. The number of aromatic amines is 1. The van der Waals surface area contributed by atoms with Crippen molar-refractivity contribution in [3.05, 3.63) is 27.3 Å². The predicted octanol–water partition coefficient (Wildman–Crippen LogP) is 0.592. The first-order valence-corrected chi connectivity index (χ1v) is 4.25. The van der Waals surface area contributed by atoms with Crippen LogP contribution in [0.5, 0.6) is 0 Å². The van der Waals surface area contributed by atoms with Crippen molar-refractivity contribution in [1.29, 1.82) is 0 Å². The SMILES string of the molecule is CC1=NOC(=O)/C1=C/c1c(C)[nH]oc1=O. The maximum absolute atomic E-state index is 11.2. The van der Waals surface area contributed by atoms with Gasteiger partial charge in [-0.2, -0.15) is 0 Å². The molecule has 0 unspecified atom stereocenters. The van der Waals surface area contributed by atoms with Crippen molar-refractivity contribution in [1.82, 2.24) is 5.16 Å². The van der Waals surface area contributed by atoms with Crippen LogP contribution in [0.25, 0.3) is 6.08 Å². The number of carbonyl (C=O) groups excluding carboxylic acids is 1. The Morgan fingerprint density at radius 1 is 1.33 bits per heavy atom. The lowest BCUT2D eigenvalue weighted by molar-refractivity contribution is -0.136. The van der Waals surface area contributed by atoms with Gasteiger partial charge in [-0.15, -0.1) is 0 Å². The van der Waals surface area contributed by atoms with E-state index in [1.807, 2.05) is 0 Å².